The molecule has 2 heterocycles. The zero-order valence-corrected chi connectivity index (χ0v) is 17.4. The summed E-state index contributed by atoms with van der Waals surface area (Å²) in [7, 11) is 0. The maximum absolute atomic E-state index is 14.5. The van der Waals surface area contributed by atoms with Crippen molar-refractivity contribution in [3.63, 3.8) is 0 Å². The van der Waals surface area contributed by atoms with E-state index in [0.29, 0.717) is 18.8 Å². The fourth-order valence-corrected chi connectivity index (χ4v) is 3.87. The van der Waals surface area contributed by atoms with Gasteiger partial charge in [0.1, 0.15) is 24.8 Å². The minimum atomic E-state index is -0.572. The van der Waals surface area contributed by atoms with E-state index in [1.165, 1.54) is 23.5 Å². The summed E-state index contributed by atoms with van der Waals surface area (Å²) >= 11 is 7.72. The third-order valence-corrected chi connectivity index (χ3v) is 5.72. The maximum atomic E-state index is 14.5. The Morgan fingerprint density at radius 1 is 1.46 bits per heavy atom. The Balaban J connectivity index is 1.60. The van der Waals surface area contributed by atoms with Gasteiger partial charge < -0.3 is 19.7 Å². The van der Waals surface area contributed by atoms with Crippen LogP contribution in [0, 0.1) is 12.7 Å². The Labute approximate surface area is 172 Å². The van der Waals surface area contributed by atoms with E-state index in [1.54, 1.807) is 4.90 Å². The molecule has 1 aliphatic heterocycles. The lowest BCUT2D eigenvalue weighted by Crippen LogP contribution is -2.53. The molecule has 0 saturated carbocycles. The molecule has 1 aliphatic rings. The number of halogens is 2. The minimum Gasteiger partial charge on any atom is -0.487 e. The predicted molar refractivity (Wildman–Crippen MR) is 106 cm³/mol. The number of hydrogen-bond acceptors (Lipinski definition) is 6. The number of piperazine rings is 1. The average Bonchev–Trinajstić information content (AvgIpc) is 3.10. The van der Waals surface area contributed by atoms with Crippen LogP contribution in [0.15, 0.2) is 17.5 Å². The molecule has 9 heteroatoms. The summed E-state index contributed by atoms with van der Waals surface area (Å²) in [5.74, 6) is -0.270. The summed E-state index contributed by atoms with van der Waals surface area (Å²) < 4.78 is 25.4. The van der Waals surface area contributed by atoms with Gasteiger partial charge in [-0.25, -0.2) is 14.2 Å². The fourth-order valence-electron chi connectivity index (χ4n) is 3.02. The molecule has 1 amide bonds. The monoisotopic (exact) mass is 427 g/mol. The smallest absolute Gasteiger partial charge is 0.410 e. The molecule has 0 bridgehead atoms. The molecule has 152 valence electrons. The van der Waals surface area contributed by atoms with Crippen LogP contribution in [0.3, 0.4) is 0 Å². The number of thiazole rings is 1. The van der Waals surface area contributed by atoms with Gasteiger partial charge in [0.2, 0.25) is 0 Å². The summed E-state index contributed by atoms with van der Waals surface area (Å²) in [5, 5.41) is 6.23. The van der Waals surface area contributed by atoms with Gasteiger partial charge in [0.05, 0.1) is 15.7 Å². The van der Waals surface area contributed by atoms with Gasteiger partial charge in [0.15, 0.2) is 0 Å². The lowest BCUT2D eigenvalue weighted by atomic mass is 10.1. The van der Waals surface area contributed by atoms with E-state index in [0.717, 1.165) is 23.7 Å². The summed E-state index contributed by atoms with van der Waals surface area (Å²) in [6, 6.07) is 2.84. The molecule has 28 heavy (non-hydrogen) atoms. The Morgan fingerprint density at radius 3 is 2.96 bits per heavy atom. The second-order valence-corrected chi connectivity index (χ2v) is 8.00. The SMILES string of the molecule is CC[C@@H]1CNCCN1C(=O)OCc1c(F)cc(OCc2csc(C)n2)cc1Cl. The second kappa shape index (κ2) is 9.54. The van der Waals surface area contributed by atoms with Gasteiger partial charge in [0.25, 0.3) is 0 Å². The van der Waals surface area contributed by atoms with Crippen LogP contribution in [-0.2, 0) is 18.0 Å². The van der Waals surface area contributed by atoms with Crippen molar-refractivity contribution in [1.82, 2.24) is 15.2 Å². The molecule has 0 aliphatic carbocycles. The van der Waals surface area contributed by atoms with E-state index >= 15 is 0 Å². The van der Waals surface area contributed by atoms with E-state index in [-0.39, 0.29) is 29.8 Å². The van der Waals surface area contributed by atoms with E-state index in [9.17, 15) is 9.18 Å². The van der Waals surface area contributed by atoms with Crippen molar-refractivity contribution in [2.24, 2.45) is 0 Å². The first-order chi connectivity index (χ1) is 13.5. The van der Waals surface area contributed by atoms with Crippen LogP contribution in [0.2, 0.25) is 5.02 Å². The van der Waals surface area contributed by atoms with E-state index in [4.69, 9.17) is 21.1 Å². The van der Waals surface area contributed by atoms with Crippen LogP contribution in [0.1, 0.15) is 29.6 Å². The number of benzene rings is 1. The van der Waals surface area contributed by atoms with Gasteiger partial charge in [-0.2, -0.15) is 0 Å². The molecule has 1 atom stereocenters. The molecule has 0 radical (unpaired) electrons. The zero-order valence-electron chi connectivity index (χ0n) is 15.8. The number of carbonyl (C=O) groups is 1. The van der Waals surface area contributed by atoms with Crippen LogP contribution in [0.5, 0.6) is 5.75 Å². The highest BCUT2D eigenvalue weighted by Crippen LogP contribution is 2.27. The quantitative estimate of drug-likeness (QED) is 0.750. The number of amides is 1. The van der Waals surface area contributed by atoms with Gasteiger partial charge in [0, 0.05) is 42.7 Å². The highest BCUT2D eigenvalue weighted by molar-refractivity contribution is 7.09. The van der Waals surface area contributed by atoms with E-state index in [1.807, 2.05) is 19.2 Å². The number of carbonyl (C=O) groups excluding carboxylic acids is 1. The Bertz CT molecular complexity index is 810. The molecule has 1 saturated heterocycles. The van der Waals surface area contributed by atoms with Crippen molar-refractivity contribution >= 4 is 29.0 Å². The highest BCUT2D eigenvalue weighted by atomic mass is 35.5. The Hall–Kier alpha value is -1.90. The van der Waals surface area contributed by atoms with Gasteiger partial charge in [-0.3, -0.25) is 0 Å². The predicted octanol–water partition coefficient (Wildman–Crippen LogP) is 4.14. The van der Waals surface area contributed by atoms with E-state index < -0.39 is 11.9 Å². The number of nitrogens with one attached hydrogen (secondary N) is 1. The third-order valence-electron chi connectivity index (χ3n) is 4.56. The van der Waals surface area contributed by atoms with E-state index in [2.05, 4.69) is 10.3 Å². The molecule has 0 unspecified atom stereocenters. The molecule has 6 nitrogen and oxygen atoms in total. The van der Waals surface area contributed by atoms with Gasteiger partial charge in [-0.15, -0.1) is 11.3 Å². The molecule has 1 aromatic carbocycles. The number of aryl methyl sites for hydroxylation is 1. The number of hydrogen-bond donors (Lipinski definition) is 1. The van der Waals surface area contributed by atoms with Crippen LogP contribution < -0.4 is 10.1 Å². The topological polar surface area (TPSA) is 63.7 Å². The third kappa shape index (κ3) is 5.12. The first kappa shape index (κ1) is 20.8. The van der Waals surface area contributed by atoms with Crippen LogP contribution in [0.4, 0.5) is 9.18 Å². The molecule has 2 aromatic rings. The molecule has 1 fully saturated rings. The number of ether oxygens (including phenoxy) is 2. The van der Waals surface area contributed by atoms with Crippen LogP contribution >= 0.6 is 22.9 Å². The van der Waals surface area contributed by atoms with Crippen molar-refractivity contribution in [1.29, 1.82) is 0 Å². The highest BCUT2D eigenvalue weighted by Gasteiger charge is 2.26. The van der Waals surface area contributed by atoms with Crippen molar-refractivity contribution in [3.8, 4) is 5.75 Å². The molecule has 3 rings (SSSR count). The fraction of sp³-hybridized carbons (Fsp3) is 0.474. The summed E-state index contributed by atoms with van der Waals surface area (Å²) in [4.78, 5) is 18.3. The average molecular weight is 428 g/mol. The molecular weight excluding hydrogens is 405 g/mol. The summed E-state index contributed by atoms with van der Waals surface area (Å²) in [6.07, 6.45) is 0.366. The van der Waals surface area contributed by atoms with Crippen LogP contribution in [-0.4, -0.2) is 41.7 Å². The zero-order chi connectivity index (χ0) is 20.1. The van der Waals surface area contributed by atoms with Gasteiger partial charge in [-0.05, 0) is 19.4 Å². The first-order valence-corrected chi connectivity index (χ1v) is 10.4. The summed E-state index contributed by atoms with van der Waals surface area (Å²) in [6.45, 7) is 5.93. The van der Waals surface area contributed by atoms with Crippen molar-refractivity contribution in [2.45, 2.75) is 39.5 Å². The standard InChI is InChI=1S/C19H23ClFN3O3S/c1-3-14-8-22-4-5-24(14)19(25)27-10-16-17(20)6-15(7-18(16)21)26-9-13-11-28-12(2)23-13/h6-7,11,14,22H,3-5,8-10H2,1-2H3/t14-/m1/s1. The van der Waals surface area contributed by atoms with Gasteiger partial charge in [-0.1, -0.05) is 18.5 Å². The normalized spacial score (nSPS) is 16.9. The summed E-state index contributed by atoms with van der Waals surface area (Å²) in [5.41, 5.74) is 0.911. The Morgan fingerprint density at radius 2 is 2.29 bits per heavy atom. The van der Waals surface area contributed by atoms with Crippen molar-refractivity contribution in [2.75, 3.05) is 19.6 Å². The lowest BCUT2D eigenvalue weighted by Gasteiger charge is -2.34. The largest absolute Gasteiger partial charge is 0.487 e. The molecule has 1 N–H and O–H groups in total. The maximum Gasteiger partial charge on any atom is 0.410 e. The molecule has 1 aromatic heterocycles. The van der Waals surface area contributed by atoms with Crippen LogP contribution in [0.25, 0.3) is 0 Å². The van der Waals surface area contributed by atoms with Gasteiger partial charge >= 0.3 is 6.09 Å². The Kier molecular flexibility index (Phi) is 7.09. The number of nitrogens with zero attached hydrogens (tertiary/aromatic N) is 2. The minimum absolute atomic E-state index is 0.0756. The lowest BCUT2D eigenvalue weighted by molar-refractivity contribution is 0.0707. The van der Waals surface area contributed by atoms with Crippen molar-refractivity contribution < 1.29 is 18.7 Å². The second-order valence-electron chi connectivity index (χ2n) is 6.53. The number of rotatable bonds is 6. The molecule has 0 spiro atoms. The molecular formula is C19H23ClFN3O3S. The van der Waals surface area contributed by atoms with Crippen molar-refractivity contribution in [3.05, 3.63) is 44.6 Å². The number of aromatic nitrogens is 1. The first-order valence-electron chi connectivity index (χ1n) is 9.13.